The molecule has 5 heteroatoms. The first-order chi connectivity index (χ1) is 10.0. The van der Waals surface area contributed by atoms with Gasteiger partial charge < -0.3 is 10.2 Å². The number of carbonyl (C=O) groups is 2. The van der Waals surface area contributed by atoms with E-state index in [0.717, 1.165) is 17.3 Å². The van der Waals surface area contributed by atoms with Crippen molar-refractivity contribution >= 4 is 33.4 Å². The molecule has 114 valence electrons. The van der Waals surface area contributed by atoms with Crippen molar-refractivity contribution in [2.45, 2.75) is 32.6 Å². The number of nitrogens with zero attached hydrogens (tertiary/aromatic N) is 1. The van der Waals surface area contributed by atoms with Gasteiger partial charge >= 0.3 is 0 Å². The van der Waals surface area contributed by atoms with Gasteiger partial charge in [-0.15, -0.1) is 0 Å². The van der Waals surface area contributed by atoms with Gasteiger partial charge in [0.25, 0.3) is 0 Å². The highest BCUT2D eigenvalue weighted by Gasteiger charge is 2.57. The molecule has 0 heterocycles. The van der Waals surface area contributed by atoms with E-state index in [2.05, 4.69) is 28.2 Å². The Balaban J connectivity index is 2.04. The summed E-state index contributed by atoms with van der Waals surface area (Å²) < 4.78 is 0.820. The molecule has 0 saturated heterocycles. The van der Waals surface area contributed by atoms with Gasteiger partial charge in [-0.25, -0.2) is 0 Å². The second-order valence-corrected chi connectivity index (χ2v) is 6.45. The van der Waals surface area contributed by atoms with E-state index in [4.69, 9.17) is 0 Å². The third-order valence-corrected chi connectivity index (χ3v) is 4.60. The van der Waals surface area contributed by atoms with Crippen molar-refractivity contribution in [2.24, 2.45) is 5.41 Å². The molecule has 21 heavy (non-hydrogen) atoms. The molecule has 0 radical (unpaired) electrons. The van der Waals surface area contributed by atoms with Crippen LogP contribution in [0.1, 0.15) is 32.6 Å². The SMILES string of the molecule is CCCCN(C)C(=O)C1(C(=O)Nc2ccccc2Br)CC1. The summed E-state index contributed by atoms with van der Waals surface area (Å²) in [5.74, 6) is -0.247. The van der Waals surface area contributed by atoms with Gasteiger partial charge in [-0.3, -0.25) is 9.59 Å². The maximum Gasteiger partial charge on any atom is 0.240 e. The topological polar surface area (TPSA) is 49.4 Å². The summed E-state index contributed by atoms with van der Waals surface area (Å²) in [6.45, 7) is 2.80. The normalized spacial score (nSPS) is 15.4. The van der Waals surface area contributed by atoms with Gasteiger partial charge in [0.15, 0.2) is 0 Å². The molecule has 0 atom stereocenters. The zero-order valence-corrected chi connectivity index (χ0v) is 14.1. The Morgan fingerprint density at radius 3 is 2.57 bits per heavy atom. The molecule has 0 aromatic heterocycles. The number of rotatable bonds is 6. The lowest BCUT2D eigenvalue weighted by molar-refractivity contribution is -0.141. The molecule has 0 unspecified atom stereocenters. The van der Waals surface area contributed by atoms with Crippen LogP contribution in [-0.2, 0) is 9.59 Å². The summed E-state index contributed by atoms with van der Waals surface area (Å²) in [6, 6.07) is 7.43. The van der Waals surface area contributed by atoms with Crippen molar-refractivity contribution in [1.82, 2.24) is 4.90 Å². The molecular weight excluding hydrogens is 332 g/mol. The molecule has 0 spiro atoms. The second kappa shape index (κ2) is 6.60. The molecule has 1 fully saturated rings. The van der Waals surface area contributed by atoms with Crippen molar-refractivity contribution < 1.29 is 9.59 Å². The minimum absolute atomic E-state index is 0.0551. The number of unbranched alkanes of at least 4 members (excludes halogenated alkanes) is 1. The summed E-state index contributed by atoms with van der Waals surface area (Å²) in [6.07, 6.45) is 3.27. The van der Waals surface area contributed by atoms with Gasteiger partial charge in [0.2, 0.25) is 11.8 Å². The van der Waals surface area contributed by atoms with Crippen molar-refractivity contribution in [1.29, 1.82) is 0 Å². The van der Waals surface area contributed by atoms with Crippen molar-refractivity contribution in [3.63, 3.8) is 0 Å². The molecule has 1 saturated carbocycles. The maximum absolute atomic E-state index is 12.5. The lowest BCUT2D eigenvalue weighted by atomic mass is 10.0. The van der Waals surface area contributed by atoms with E-state index < -0.39 is 5.41 Å². The lowest BCUT2D eigenvalue weighted by Gasteiger charge is -2.23. The summed E-state index contributed by atoms with van der Waals surface area (Å²) in [4.78, 5) is 26.7. The monoisotopic (exact) mass is 352 g/mol. The van der Waals surface area contributed by atoms with Gasteiger partial charge in [-0.1, -0.05) is 25.5 Å². The van der Waals surface area contributed by atoms with E-state index in [-0.39, 0.29) is 11.8 Å². The summed E-state index contributed by atoms with van der Waals surface area (Å²) in [7, 11) is 1.78. The van der Waals surface area contributed by atoms with Crippen molar-refractivity contribution in [3.05, 3.63) is 28.7 Å². The Morgan fingerprint density at radius 1 is 1.33 bits per heavy atom. The van der Waals surface area contributed by atoms with Crippen LogP contribution in [0.4, 0.5) is 5.69 Å². The van der Waals surface area contributed by atoms with E-state index in [9.17, 15) is 9.59 Å². The van der Waals surface area contributed by atoms with Gasteiger partial charge in [0, 0.05) is 18.1 Å². The lowest BCUT2D eigenvalue weighted by Crippen LogP contribution is -2.41. The molecule has 2 rings (SSSR count). The fourth-order valence-corrected chi connectivity index (χ4v) is 2.71. The molecule has 0 aliphatic heterocycles. The number of nitrogens with one attached hydrogen (secondary N) is 1. The van der Waals surface area contributed by atoms with Crippen LogP contribution in [0.2, 0.25) is 0 Å². The van der Waals surface area contributed by atoms with E-state index in [1.165, 1.54) is 0 Å². The van der Waals surface area contributed by atoms with Crippen LogP contribution >= 0.6 is 15.9 Å². The van der Waals surface area contributed by atoms with Gasteiger partial charge in [-0.2, -0.15) is 0 Å². The third-order valence-electron chi connectivity index (χ3n) is 3.91. The first-order valence-electron chi connectivity index (χ1n) is 7.33. The summed E-state index contributed by atoms with van der Waals surface area (Å²) in [5, 5.41) is 2.87. The van der Waals surface area contributed by atoms with Gasteiger partial charge in [0.05, 0.1) is 5.69 Å². The fourth-order valence-electron chi connectivity index (χ4n) is 2.33. The van der Waals surface area contributed by atoms with Crippen LogP contribution < -0.4 is 5.32 Å². The standard InChI is InChI=1S/C16H21BrN2O2/c1-3-4-11-19(2)15(21)16(9-10-16)14(20)18-13-8-6-5-7-12(13)17/h5-8H,3-4,9-11H2,1-2H3,(H,18,20). The first-order valence-corrected chi connectivity index (χ1v) is 8.12. The molecule has 1 aromatic rings. The van der Waals surface area contributed by atoms with Crippen LogP contribution in [-0.4, -0.2) is 30.3 Å². The number of para-hydroxylation sites is 1. The third kappa shape index (κ3) is 3.46. The van der Waals surface area contributed by atoms with E-state index in [1.54, 1.807) is 11.9 Å². The summed E-state index contributed by atoms with van der Waals surface area (Å²) in [5.41, 5.74) is -0.143. The highest BCUT2D eigenvalue weighted by atomic mass is 79.9. The van der Waals surface area contributed by atoms with E-state index in [1.807, 2.05) is 24.3 Å². The number of halogens is 1. The zero-order chi connectivity index (χ0) is 15.5. The van der Waals surface area contributed by atoms with Crippen LogP contribution in [0, 0.1) is 5.41 Å². The number of carbonyl (C=O) groups excluding carboxylic acids is 2. The van der Waals surface area contributed by atoms with Gasteiger partial charge in [-0.05, 0) is 47.3 Å². The number of benzene rings is 1. The molecule has 0 bridgehead atoms. The highest BCUT2D eigenvalue weighted by molar-refractivity contribution is 9.10. The largest absolute Gasteiger partial charge is 0.345 e. The molecule has 1 aliphatic rings. The molecule has 2 amide bonds. The Bertz CT molecular complexity index is 541. The molecule has 4 nitrogen and oxygen atoms in total. The number of amides is 2. The first kappa shape index (κ1) is 16.0. The Labute approximate surface area is 134 Å². The number of hydrogen-bond donors (Lipinski definition) is 1. The van der Waals surface area contributed by atoms with Crippen LogP contribution in [0.5, 0.6) is 0 Å². The van der Waals surface area contributed by atoms with Crippen LogP contribution in [0.25, 0.3) is 0 Å². The highest BCUT2D eigenvalue weighted by Crippen LogP contribution is 2.48. The predicted molar refractivity (Wildman–Crippen MR) is 87.0 cm³/mol. The predicted octanol–water partition coefficient (Wildman–Crippen LogP) is 3.43. The molecule has 1 N–H and O–H groups in total. The quantitative estimate of drug-likeness (QED) is 0.797. The van der Waals surface area contributed by atoms with E-state index in [0.29, 0.717) is 25.1 Å². The Kier molecular flexibility index (Phi) is 5.04. The van der Waals surface area contributed by atoms with Crippen LogP contribution in [0.3, 0.4) is 0 Å². The smallest absolute Gasteiger partial charge is 0.240 e. The average molecular weight is 353 g/mol. The number of hydrogen-bond acceptors (Lipinski definition) is 2. The molecule has 1 aliphatic carbocycles. The maximum atomic E-state index is 12.5. The van der Waals surface area contributed by atoms with E-state index >= 15 is 0 Å². The van der Waals surface area contributed by atoms with Crippen molar-refractivity contribution in [3.8, 4) is 0 Å². The van der Waals surface area contributed by atoms with Crippen molar-refractivity contribution in [2.75, 3.05) is 18.9 Å². The van der Waals surface area contributed by atoms with Crippen LogP contribution in [0.15, 0.2) is 28.7 Å². The zero-order valence-electron chi connectivity index (χ0n) is 12.5. The fraction of sp³-hybridized carbons (Fsp3) is 0.500. The second-order valence-electron chi connectivity index (χ2n) is 5.60. The Morgan fingerprint density at radius 2 is 2.00 bits per heavy atom. The summed E-state index contributed by atoms with van der Waals surface area (Å²) >= 11 is 3.40. The molecular formula is C16H21BrN2O2. The minimum atomic E-state index is -0.849. The molecule has 1 aromatic carbocycles. The van der Waals surface area contributed by atoms with Gasteiger partial charge in [0.1, 0.15) is 5.41 Å². The number of anilines is 1. The average Bonchev–Trinajstić information content (AvgIpc) is 3.28. The minimum Gasteiger partial charge on any atom is -0.345 e. The Hall–Kier alpha value is -1.36.